The Morgan fingerprint density at radius 3 is 3.00 bits per heavy atom. The first-order valence-electron chi connectivity index (χ1n) is 5.52. The second-order valence-electron chi connectivity index (χ2n) is 3.86. The van der Waals surface area contributed by atoms with Gasteiger partial charge >= 0.3 is 0 Å². The molecule has 2 heterocycles. The van der Waals surface area contributed by atoms with E-state index in [9.17, 15) is 4.79 Å². The number of H-pyrrole nitrogens is 1. The summed E-state index contributed by atoms with van der Waals surface area (Å²) in [6, 6.07) is 1.40. The second-order valence-corrected chi connectivity index (χ2v) is 4.84. The van der Waals surface area contributed by atoms with Crippen molar-refractivity contribution in [2.24, 2.45) is 7.05 Å². The van der Waals surface area contributed by atoms with Crippen LogP contribution in [0.25, 0.3) is 0 Å². The molecule has 0 fully saturated rings. The van der Waals surface area contributed by atoms with Crippen LogP contribution in [0.4, 0.5) is 0 Å². The van der Waals surface area contributed by atoms with Gasteiger partial charge in [0.15, 0.2) is 5.16 Å². The SMILES string of the molecule is CNCc1c(C)nn(C)c1Sc1nccc(=O)[nH]1. The minimum Gasteiger partial charge on any atom is -0.316 e. The lowest BCUT2D eigenvalue weighted by Crippen LogP contribution is -2.08. The molecule has 0 spiro atoms. The Morgan fingerprint density at radius 2 is 2.33 bits per heavy atom. The lowest BCUT2D eigenvalue weighted by molar-refractivity contribution is 0.682. The molecule has 0 aliphatic rings. The Hall–Kier alpha value is -1.60. The van der Waals surface area contributed by atoms with Gasteiger partial charge in [0.05, 0.1) is 5.69 Å². The van der Waals surface area contributed by atoms with E-state index >= 15 is 0 Å². The molecular weight excluding hydrogens is 250 g/mol. The number of aromatic amines is 1. The van der Waals surface area contributed by atoms with E-state index in [-0.39, 0.29) is 5.56 Å². The van der Waals surface area contributed by atoms with E-state index in [4.69, 9.17) is 0 Å². The van der Waals surface area contributed by atoms with Crippen LogP contribution in [0.1, 0.15) is 11.3 Å². The molecule has 2 aromatic heterocycles. The van der Waals surface area contributed by atoms with Gasteiger partial charge in [0.2, 0.25) is 0 Å². The van der Waals surface area contributed by atoms with Gasteiger partial charge in [-0.15, -0.1) is 0 Å². The van der Waals surface area contributed by atoms with E-state index in [1.54, 1.807) is 4.68 Å². The zero-order valence-corrected chi connectivity index (χ0v) is 11.3. The maximum Gasteiger partial charge on any atom is 0.251 e. The van der Waals surface area contributed by atoms with Crippen LogP contribution in [0.3, 0.4) is 0 Å². The Kier molecular flexibility index (Phi) is 3.83. The van der Waals surface area contributed by atoms with Crippen molar-refractivity contribution >= 4 is 11.8 Å². The quantitative estimate of drug-likeness (QED) is 0.795. The maximum atomic E-state index is 11.2. The van der Waals surface area contributed by atoms with Crippen LogP contribution in [0, 0.1) is 6.92 Å². The summed E-state index contributed by atoms with van der Waals surface area (Å²) in [5.74, 6) is 0. The van der Waals surface area contributed by atoms with Gasteiger partial charge in [0.25, 0.3) is 5.56 Å². The van der Waals surface area contributed by atoms with Crippen LogP contribution < -0.4 is 10.9 Å². The molecule has 0 aromatic carbocycles. The second kappa shape index (κ2) is 5.36. The molecule has 0 saturated carbocycles. The Labute approximate surface area is 109 Å². The molecule has 18 heavy (non-hydrogen) atoms. The third-order valence-electron chi connectivity index (χ3n) is 2.48. The predicted octanol–water partition coefficient (Wildman–Crippen LogP) is 0.682. The van der Waals surface area contributed by atoms with E-state index in [1.165, 1.54) is 24.0 Å². The highest BCUT2D eigenvalue weighted by molar-refractivity contribution is 7.99. The zero-order chi connectivity index (χ0) is 13.1. The molecule has 2 rings (SSSR count). The number of aryl methyl sites for hydroxylation is 2. The van der Waals surface area contributed by atoms with Gasteiger partial charge in [-0.1, -0.05) is 0 Å². The summed E-state index contributed by atoms with van der Waals surface area (Å²) in [7, 11) is 3.78. The van der Waals surface area contributed by atoms with E-state index < -0.39 is 0 Å². The van der Waals surface area contributed by atoms with Crippen molar-refractivity contribution in [1.29, 1.82) is 0 Å². The number of hydrogen-bond donors (Lipinski definition) is 2. The van der Waals surface area contributed by atoms with Crippen molar-refractivity contribution in [3.8, 4) is 0 Å². The van der Waals surface area contributed by atoms with Crippen molar-refractivity contribution in [3.63, 3.8) is 0 Å². The lowest BCUT2D eigenvalue weighted by atomic mass is 10.3. The first kappa shape index (κ1) is 12.8. The molecule has 0 radical (unpaired) electrons. The summed E-state index contributed by atoms with van der Waals surface area (Å²) in [4.78, 5) is 18.1. The summed E-state index contributed by atoms with van der Waals surface area (Å²) in [6.07, 6.45) is 1.50. The topological polar surface area (TPSA) is 75.6 Å². The van der Waals surface area contributed by atoms with Crippen LogP contribution in [-0.4, -0.2) is 26.8 Å². The first-order valence-corrected chi connectivity index (χ1v) is 6.33. The van der Waals surface area contributed by atoms with Crippen LogP contribution in [0.2, 0.25) is 0 Å². The average Bonchev–Trinajstić information content (AvgIpc) is 2.57. The van der Waals surface area contributed by atoms with Gasteiger partial charge < -0.3 is 10.3 Å². The summed E-state index contributed by atoms with van der Waals surface area (Å²) in [5, 5.41) is 9.06. The van der Waals surface area contributed by atoms with Crippen LogP contribution in [0.5, 0.6) is 0 Å². The van der Waals surface area contributed by atoms with Gasteiger partial charge in [0, 0.05) is 31.4 Å². The highest BCUT2D eigenvalue weighted by atomic mass is 32.2. The Morgan fingerprint density at radius 1 is 1.56 bits per heavy atom. The first-order chi connectivity index (χ1) is 8.61. The zero-order valence-electron chi connectivity index (χ0n) is 10.5. The van der Waals surface area contributed by atoms with Gasteiger partial charge in [-0.25, -0.2) is 4.98 Å². The van der Waals surface area contributed by atoms with Crippen molar-refractivity contribution < 1.29 is 0 Å². The molecular formula is C11H15N5OS. The molecule has 0 atom stereocenters. The summed E-state index contributed by atoms with van der Waals surface area (Å²) >= 11 is 1.41. The highest BCUT2D eigenvalue weighted by Crippen LogP contribution is 2.28. The summed E-state index contributed by atoms with van der Waals surface area (Å²) in [5.41, 5.74) is 1.95. The molecule has 0 aliphatic heterocycles. The highest BCUT2D eigenvalue weighted by Gasteiger charge is 2.14. The fourth-order valence-corrected chi connectivity index (χ4v) is 2.65. The van der Waals surface area contributed by atoms with E-state index in [0.717, 1.165) is 22.8 Å². The normalized spacial score (nSPS) is 10.8. The molecule has 0 bridgehead atoms. The van der Waals surface area contributed by atoms with Crippen LogP contribution in [-0.2, 0) is 13.6 Å². The third kappa shape index (κ3) is 2.62. The van der Waals surface area contributed by atoms with Crippen molar-refractivity contribution in [1.82, 2.24) is 25.1 Å². The van der Waals surface area contributed by atoms with Gasteiger partial charge in [0.1, 0.15) is 5.03 Å². The molecule has 0 saturated heterocycles. The number of nitrogens with zero attached hydrogens (tertiary/aromatic N) is 3. The van der Waals surface area contributed by atoms with Crippen molar-refractivity contribution in [2.45, 2.75) is 23.7 Å². The number of hydrogen-bond acceptors (Lipinski definition) is 5. The van der Waals surface area contributed by atoms with Gasteiger partial charge in [-0.2, -0.15) is 5.10 Å². The van der Waals surface area contributed by atoms with Crippen LogP contribution >= 0.6 is 11.8 Å². The molecule has 2 aromatic rings. The molecule has 7 heteroatoms. The predicted molar refractivity (Wildman–Crippen MR) is 69.7 cm³/mol. The van der Waals surface area contributed by atoms with Gasteiger partial charge in [-0.3, -0.25) is 9.48 Å². The van der Waals surface area contributed by atoms with E-state index in [1.807, 2.05) is 21.0 Å². The number of rotatable bonds is 4. The van der Waals surface area contributed by atoms with Crippen molar-refractivity contribution in [2.75, 3.05) is 7.05 Å². The van der Waals surface area contributed by atoms with Gasteiger partial charge in [-0.05, 0) is 25.7 Å². The number of aromatic nitrogens is 4. The molecule has 0 aliphatic carbocycles. The molecule has 96 valence electrons. The monoisotopic (exact) mass is 265 g/mol. The molecule has 0 unspecified atom stereocenters. The summed E-state index contributed by atoms with van der Waals surface area (Å²) < 4.78 is 1.81. The average molecular weight is 265 g/mol. The fraction of sp³-hybridized carbons (Fsp3) is 0.364. The molecule has 2 N–H and O–H groups in total. The van der Waals surface area contributed by atoms with Crippen LogP contribution in [0.15, 0.2) is 27.2 Å². The lowest BCUT2D eigenvalue weighted by Gasteiger charge is -2.04. The minimum atomic E-state index is -0.151. The van der Waals surface area contributed by atoms with Crippen molar-refractivity contribution in [3.05, 3.63) is 33.9 Å². The standard InChI is InChI=1S/C11H15N5OS/c1-7-8(6-12-2)10(16(3)15-7)18-11-13-5-4-9(17)14-11/h4-5,12H,6H2,1-3H3,(H,13,14,17). The molecule has 0 amide bonds. The van der Waals surface area contributed by atoms with E-state index in [2.05, 4.69) is 20.4 Å². The maximum absolute atomic E-state index is 11.2. The number of nitrogens with one attached hydrogen (secondary N) is 2. The van der Waals surface area contributed by atoms with E-state index in [0.29, 0.717) is 5.16 Å². The smallest absolute Gasteiger partial charge is 0.251 e. The Bertz CT molecular complexity index is 604. The fourth-order valence-electron chi connectivity index (χ4n) is 1.68. The third-order valence-corrected chi connectivity index (χ3v) is 3.59. The minimum absolute atomic E-state index is 0.151. The summed E-state index contributed by atoms with van der Waals surface area (Å²) in [6.45, 7) is 2.71. The molecule has 6 nitrogen and oxygen atoms in total. The largest absolute Gasteiger partial charge is 0.316 e. The Balaban J connectivity index is 2.36.